The molecule has 3 N–H and O–H groups in total. The van der Waals surface area contributed by atoms with Gasteiger partial charge >= 0.3 is 0 Å². The van der Waals surface area contributed by atoms with Crippen molar-refractivity contribution in [3.8, 4) is 0 Å². The number of nitrogens with zero attached hydrogens (tertiary/aromatic N) is 2. The number of carbonyl (C=O) groups is 1. The summed E-state index contributed by atoms with van der Waals surface area (Å²) in [4.78, 5) is 21.0. The summed E-state index contributed by atoms with van der Waals surface area (Å²) < 4.78 is 14.8. The SMILES string of the molecule is CNc1c(C(=O)NCCc2ccc(N3C[C@H]4CC[C@@H](C3)N4)c(F)c2)sc2nc(C)ccc12. The Balaban J connectivity index is 1.22. The Bertz CT molecular complexity index is 1150. The highest BCUT2D eigenvalue weighted by Gasteiger charge is 2.33. The molecule has 2 aliphatic heterocycles. The molecule has 0 radical (unpaired) electrons. The van der Waals surface area contributed by atoms with Gasteiger partial charge in [-0.15, -0.1) is 11.3 Å². The molecule has 3 aromatic rings. The lowest BCUT2D eigenvalue weighted by Gasteiger charge is -2.34. The van der Waals surface area contributed by atoms with Crippen molar-refractivity contribution in [2.75, 3.05) is 36.9 Å². The van der Waals surface area contributed by atoms with Crippen LogP contribution in [0, 0.1) is 12.7 Å². The van der Waals surface area contributed by atoms with Gasteiger partial charge in [-0.05, 0) is 56.0 Å². The van der Waals surface area contributed by atoms with Gasteiger partial charge < -0.3 is 20.9 Å². The van der Waals surface area contributed by atoms with E-state index in [2.05, 4.69) is 25.8 Å². The summed E-state index contributed by atoms with van der Waals surface area (Å²) >= 11 is 1.39. The minimum atomic E-state index is -0.182. The maximum atomic E-state index is 14.8. The normalized spacial score (nSPS) is 20.0. The van der Waals surface area contributed by atoms with Crippen molar-refractivity contribution in [2.45, 2.75) is 38.3 Å². The fourth-order valence-corrected chi connectivity index (χ4v) is 5.98. The first-order valence-electron chi connectivity index (χ1n) is 11.2. The molecule has 0 aliphatic carbocycles. The summed E-state index contributed by atoms with van der Waals surface area (Å²) in [6.45, 7) is 4.11. The Morgan fingerprint density at radius 3 is 2.75 bits per heavy atom. The van der Waals surface area contributed by atoms with Gasteiger partial charge in [0.15, 0.2) is 0 Å². The predicted octanol–water partition coefficient (Wildman–Crippen LogP) is 3.70. The van der Waals surface area contributed by atoms with Crippen molar-refractivity contribution in [3.63, 3.8) is 0 Å². The van der Waals surface area contributed by atoms with E-state index < -0.39 is 0 Å². The smallest absolute Gasteiger partial charge is 0.263 e. The van der Waals surface area contributed by atoms with Crippen molar-refractivity contribution in [1.82, 2.24) is 15.6 Å². The van der Waals surface area contributed by atoms with Crippen molar-refractivity contribution in [3.05, 3.63) is 52.3 Å². The summed E-state index contributed by atoms with van der Waals surface area (Å²) in [7, 11) is 1.81. The van der Waals surface area contributed by atoms with Gasteiger partial charge in [0.25, 0.3) is 5.91 Å². The number of nitrogens with one attached hydrogen (secondary N) is 3. The number of rotatable bonds is 6. The van der Waals surface area contributed by atoms with E-state index >= 15 is 0 Å². The Morgan fingerprint density at radius 1 is 1.25 bits per heavy atom. The van der Waals surface area contributed by atoms with Crippen LogP contribution in [-0.4, -0.2) is 49.7 Å². The van der Waals surface area contributed by atoms with E-state index in [1.54, 1.807) is 6.07 Å². The van der Waals surface area contributed by atoms with Crippen molar-refractivity contribution in [2.24, 2.45) is 0 Å². The number of aromatic nitrogens is 1. The Hall–Kier alpha value is -2.71. The van der Waals surface area contributed by atoms with Crippen LogP contribution < -0.4 is 20.9 Å². The highest BCUT2D eigenvalue weighted by Crippen LogP contribution is 2.34. The lowest BCUT2D eigenvalue weighted by molar-refractivity contribution is 0.0959. The van der Waals surface area contributed by atoms with Gasteiger partial charge in [0.2, 0.25) is 0 Å². The molecule has 2 atom stereocenters. The number of benzene rings is 1. The minimum absolute atomic E-state index is 0.136. The van der Waals surface area contributed by atoms with Crippen LogP contribution in [-0.2, 0) is 6.42 Å². The molecule has 4 heterocycles. The molecule has 168 valence electrons. The number of halogens is 1. The molecule has 2 saturated heterocycles. The molecular weight excluding hydrogens is 425 g/mol. The van der Waals surface area contributed by atoms with Gasteiger partial charge in [0.05, 0.1) is 11.4 Å². The first kappa shape index (κ1) is 21.2. The average Bonchev–Trinajstić information content (AvgIpc) is 3.31. The maximum Gasteiger partial charge on any atom is 0.263 e. The Kier molecular flexibility index (Phi) is 5.73. The lowest BCUT2D eigenvalue weighted by atomic mass is 10.1. The number of piperazine rings is 1. The molecule has 32 heavy (non-hydrogen) atoms. The number of hydrogen-bond donors (Lipinski definition) is 3. The van der Waals surface area contributed by atoms with Crippen LogP contribution in [0.15, 0.2) is 30.3 Å². The van der Waals surface area contributed by atoms with E-state index in [1.165, 1.54) is 24.2 Å². The number of fused-ring (bicyclic) bond motifs is 3. The summed E-state index contributed by atoms with van der Waals surface area (Å²) in [6.07, 6.45) is 2.92. The number of carbonyl (C=O) groups excluding carboxylic acids is 1. The maximum absolute atomic E-state index is 14.8. The number of thiophene rings is 1. The highest BCUT2D eigenvalue weighted by atomic mass is 32.1. The number of anilines is 2. The van der Waals surface area contributed by atoms with Crippen molar-refractivity contribution < 1.29 is 9.18 Å². The summed E-state index contributed by atoms with van der Waals surface area (Å²) in [5.74, 6) is -0.318. The van der Waals surface area contributed by atoms with E-state index in [-0.39, 0.29) is 11.7 Å². The van der Waals surface area contributed by atoms with Gasteiger partial charge in [-0.3, -0.25) is 4.79 Å². The topological polar surface area (TPSA) is 69.3 Å². The Morgan fingerprint density at radius 2 is 2.03 bits per heavy atom. The van der Waals surface area contributed by atoms with Crippen LogP contribution in [0.5, 0.6) is 0 Å². The molecule has 1 aromatic carbocycles. The molecule has 8 heteroatoms. The summed E-state index contributed by atoms with van der Waals surface area (Å²) in [6, 6.07) is 10.3. The molecule has 0 unspecified atom stereocenters. The van der Waals surface area contributed by atoms with E-state index in [0.29, 0.717) is 35.6 Å². The van der Waals surface area contributed by atoms with Gasteiger partial charge in [-0.25, -0.2) is 9.37 Å². The monoisotopic (exact) mass is 453 g/mol. The quantitative estimate of drug-likeness (QED) is 0.531. The molecule has 0 spiro atoms. The Labute approximate surface area is 191 Å². The van der Waals surface area contributed by atoms with Crippen LogP contribution in [0.1, 0.15) is 33.8 Å². The van der Waals surface area contributed by atoms with E-state index in [9.17, 15) is 9.18 Å². The van der Waals surface area contributed by atoms with Crippen LogP contribution in [0.2, 0.25) is 0 Å². The third kappa shape index (κ3) is 4.04. The summed E-state index contributed by atoms with van der Waals surface area (Å²) in [5.41, 5.74) is 3.29. The molecule has 2 bridgehead atoms. The first-order chi connectivity index (χ1) is 15.5. The molecule has 1 amide bonds. The lowest BCUT2D eigenvalue weighted by Crippen LogP contribution is -2.51. The molecular formula is C24H28FN5OS. The first-order valence-corrected chi connectivity index (χ1v) is 12.0. The largest absolute Gasteiger partial charge is 0.386 e. The highest BCUT2D eigenvalue weighted by molar-refractivity contribution is 7.21. The number of aryl methyl sites for hydroxylation is 1. The minimum Gasteiger partial charge on any atom is -0.386 e. The zero-order valence-corrected chi connectivity index (χ0v) is 19.2. The fraction of sp³-hybridized carbons (Fsp3) is 0.417. The molecule has 2 fully saturated rings. The van der Waals surface area contributed by atoms with Gasteiger partial charge in [0.1, 0.15) is 15.5 Å². The third-order valence-corrected chi connectivity index (χ3v) is 7.52. The second kappa shape index (κ2) is 8.67. The number of amides is 1. The van der Waals surface area contributed by atoms with E-state index in [4.69, 9.17) is 0 Å². The van der Waals surface area contributed by atoms with E-state index in [1.807, 2.05) is 38.2 Å². The fourth-order valence-electron chi connectivity index (χ4n) is 4.84. The van der Waals surface area contributed by atoms with Crippen LogP contribution in [0.4, 0.5) is 15.8 Å². The van der Waals surface area contributed by atoms with E-state index in [0.717, 1.165) is 40.3 Å². The zero-order chi connectivity index (χ0) is 22.2. The second-order valence-electron chi connectivity index (χ2n) is 8.70. The summed E-state index contributed by atoms with van der Waals surface area (Å²) in [5, 5.41) is 10.6. The van der Waals surface area contributed by atoms with Gasteiger partial charge in [0, 0.05) is 49.8 Å². The van der Waals surface area contributed by atoms with Gasteiger partial charge in [-0.2, -0.15) is 0 Å². The molecule has 2 aromatic heterocycles. The van der Waals surface area contributed by atoms with Crippen LogP contribution in [0.3, 0.4) is 0 Å². The van der Waals surface area contributed by atoms with Crippen molar-refractivity contribution >= 4 is 38.8 Å². The van der Waals surface area contributed by atoms with Gasteiger partial charge in [-0.1, -0.05) is 6.07 Å². The van der Waals surface area contributed by atoms with Crippen molar-refractivity contribution in [1.29, 1.82) is 0 Å². The molecule has 0 saturated carbocycles. The van der Waals surface area contributed by atoms with Crippen LogP contribution >= 0.6 is 11.3 Å². The molecule has 5 rings (SSSR count). The molecule has 2 aliphatic rings. The third-order valence-electron chi connectivity index (χ3n) is 6.42. The number of pyridine rings is 1. The molecule has 6 nitrogen and oxygen atoms in total. The zero-order valence-electron chi connectivity index (χ0n) is 18.4. The average molecular weight is 454 g/mol. The predicted molar refractivity (Wildman–Crippen MR) is 128 cm³/mol. The van der Waals surface area contributed by atoms with Crippen LogP contribution in [0.25, 0.3) is 10.2 Å². The second-order valence-corrected chi connectivity index (χ2v) is 9.70. The standard InChI is InChI=1S/C24H28FN5OS/c1-14-3-7-18-21(26-2)22(32-24(18)28-14)23(31)27-10-9-15-4-8-20(19(25)11-15)30-12-16-5-6-17(13-30)29-16/h3-4,7-8,11,16-17,26,29H,5-6,9-10,12-13H2,1-2H3,(H,27,31)/t16-,17+. The number of hydrogen-bond acceptors (Lipinski definition) is 6.